The fraction of sp³-hybridized carbons (Fsp3) is 0.929. The van der Waals surface area contributed by atoms with Crippen LogP contribution in [0, 0.1) is 17.8 Å². The molecule has 1 aliphatic carbocycles. The van der Waals surface area contributed by atoms with E-state index < -0.39 is 0 Å². The van der Waals surface area contributed by atoms with Crippen molar-refractivity contribution in [1.29, 1.82) is 0 Å². The van der Waals surface area contributed by atoms with Crippen LogP contribution in [0.25, 0.3) is 0 Å². The van der Waals surface area contributed by atoms with E-state index in [9.17, 15) is 4.79 Å². The van der Waals surface area contributed by atoms with Gasteiger partial charge in [-0.25, -0.2) is 0 Å². The molecule has 2 rings (SSSR count). The zero-order valence-corrected chi connectivity index (χ0v) is 11.6. The lowest BCUT2D eigenvalue weighted by atomic mass is 9.96. The van der Waals surface area contributed by atoms with Crippen molar-refractivity contribution in [2.45, 2.75) is 59.2 Å². The second-order valence-electron chi connectivity index (χ2n) is 6.31. The standard InChI is InChI=1S/C14H26N2O/c1-9(2)7-13-15-8-14(17)16(13)12-6-5-10(3)11(12)4/h9-13,15H,5-8H2,1-4H3. The van der Waals surface area contributed by atoms with E-state index in [0.29, 0.717) is 30.3 Å². The third-order valence-electron chi connectivity index (χ3n) is 4.59. The van der Waals surface area contributed by atoms with Crippen molar-refractivity contribution in [3.05, 3.63) is 0 Å². The van der Waals surface area contributed by atoms with E-state index in [1.54, 1.807) is 0 Å². The largest absolute Gasteiger partial charge is 0.323 e. The lowest BCUT2D eigenvalue weighted by Crippen LogP contribution is -2.46. The molecule has 4 unspecified atom stereocenters. The maximum Gasteiger partial charge on any atom is 0.238 e. The molecule has 1 heterocycles. The first kappa shape index (κ1) is 12.9. The molecule has 0 spiro atoms. The van der Waals surface area contributed by atoms with E-state index in [-0.39, 0.29) is 6.17 Å². The molecule has 4 atom stereocenters. The summed E-state index contributed by atoms with van der Waals surface area (Å²) in [6.07, 6.45) is 3.80. The predicted octanol–water partition coefficient (Wildman–Crippen LogP) is 2.22. The summed E-state index contributed by atoms with van der Waals surface area (Å²) in [5, 5.41) is 3.38. The first-order chi connectivity index (χ1) is 8.00. The van der Waals surface area contributed by atoms with Gasteiger partial charge in [0.2, 0.25) is 5.91 Å². The highest BCUT2D eigenvalue weighted by Gasteiger charge is 2.42. The molecule has 3 heteroatoms. The van der Waals surface area contributed by atoms with E-state index in [2.05, 4.69) is 37.9 Å². The number of carbonyl (C=O) groups excluding carboxylic acids is 1. The van der Waals surface area contributed by atoms with Crippen LogP contribution in [0.2, 0.25) is 0 Å². The van der Waals surface area contributed by atoms with Gasteiger partial charge in [0.15, 0.2) is 0 Å². The summed E-state index contributed by atoms with van der Waals surface area (Å²) in [5.74, 6) is 2.35. The topological polar surface area (TPSA) is 32.3 Å². The monoisotopic (exact) mass is 238 g/mol. The molecule has 0 aromatic carbocycles. The molecule has 1 saturated carbocycles. The minimum Gasteiger partial charge on any atom is -0.323 e. The van der Waals surface area contributed by atoms with Gasteiger partial charge in [-0.05, 0) is 37.0 Å². The summed E-state index contributed by atoms with van der Waals surface area (Å²) in [7, 11) is 0. The van der Waals surface area contributed by atoms with Gasteiger partial charge in [0.05, 0.1) is 12.7 Å². The van der Waals surface area contributed by atoms with Crippen LogP contribution >= 0.6 is 0 Å². The van der Waals surface area contributed by atoms with Crippen molar-refractivity contribution in [2.24, 2.45) is 17.8 Å². The van der Waals surface area contributed by atoms with E-state index in [0.717, 1.165) is 12.3 Å². The van der Waals surface area contributed by atoms with Gasteiger partial charge in [0.25, 0.3) is 0 Å². The van der Waals surface area contributed by atoms with Gasteiger partial charge in [-0.2, -0.15) is 0 Å². The summed E-state index contributed by atoms with van der Waals surface area (Å²) in [5.41, 5.74) is 0. The number of carbonyl (C=O) groups is 1. The number of rotatable bonds is 3. The second kappa shape index (κ2) is 4.97. The number of amides is 1. The van der Waals surface area contributed by atoms with Crippen molar-refractivity contribution in [2.75, 3.05) is 6.54 Å². The minimum atomic E-state index is 0.278. The second-order valence-corrected chi connectivity index (χ2v) is 6.31. The number of hydrogen-bond acceptors (Lipinski definition) is 2. The van der Waals surface area contributed by atoms with Crippen molar-refractivity contribution in [3.63, 3.8) is 0 Å². The summed E-state index contributed by atoms with van der Waals surface area (Å²) in [6.45, 7) is 9.61. The Labute approximate surface area is 105 Å². The molecule has 1 N–H and O–H groups in total. The Kier molecular flexibility index (Phi) is 3.76. The highest BCUT2D eigenvalue weighted by atomic mass is 16.2. The van der Waals surface area contributed by atoms with E-state index in [4.69, 9.17) is 0 Å². The average molecular weight is 238 g/mol. The van der Waals surface area contributed by atoms with Crippen LogP contribution in [0.5, 0.6) is 0 Å². The Morgan fingerprint density at radius 3 is 2.59 bits per heavy atom. The molecule has 1 amide bonds. The Bertz CT molecular complexity index is 290. The molecule has 3 nitrogen and oxygen atoms in total. The van der Waals surface area contributed by atoms with E-state index >= 15 is 0 Å². The summed E-state index contributed by atoms with van der Waals surface area (Å²) >= 11 is 0. The highest BCUT2D eigenvalue weighted by molar-refractivity contribution is 5.81. The van der Waals surface area contributed by atoms with Crippen LogP contribution in [0.4, 0.5) is 0 Å². The van der Waals surface area contributed by atoms with Crippen molar-refractivity contribution < 1.29 is 4.79 Å². The Balaban J connectivity index is 2.08. The molecule has 2 aliphatic rings. The van der Waals surface area contributed by atoms with Gasteiger partial charge in [0.1, 0.15) is 0 Å². The van der Waals surface area contributed by atoms with Gasteiger partial charge in [0, 0.05) is 6.04 Å². The van der Waals surface area contributed by atoms with Gasteiger partial charge in [-0.3, -0.25) is 10.1 Å². The Morgan fingerprint density at radius 1 is 1.35 bits per heavy atom. The molecule has 1 saturated heterocycles. The van der Waals surface area contributed by atoms with Crippen LogP contribution in [0.15, 0.2) is 0 Å². The summed E-state index contributed by atoms with van der Waals surface area (Å²) < 4.78 is 0. The maximum atomic E-state index is 12.1. The van der Waals surface area contributed by atoms with Crippen molar-refractivity contribution in [1.82, 2.24) is 10.2 Å². The minimum absolute atomic E-state index is 0.278. The number of hydrogen-bond donors (Lipinski definition) is 1. The average Bonchev–Trinajstić information content (AvgIpc) is 2.74. The quantitative estimate of drug-likeness (QED) is 0.817. The Hall–Kier alpha value is -0.570. The van der Waals surface area contributed by atoms with Crippen LogP contribution in [0.1, 0.15) is 47.0 Å². The molecule has 0 aromatic rings. The van der Waals surface area contributed by atoms with Gasteiger partial charge in [-0.15, -0.1) is 0 Å². The molecule has 98 valence electrons. The first-order valence-electron chi connectivity index (χ1n) is 7.05. The lowest BCUT2D eigenvalue weighted by Gasteiger charge is -2.34. The van der Waals surface area contributed by atoms with Crippen LogP contribution in [0.3, 0.4) is 0 Å². The fourth-order valence-electron chi connectivity index (χ4n) is 3.36. The zero-order valence-electron chi connectivity index (χ0n) is 11.6. The lowest BCUT2D eigenvalue weighted by molar-refractivity contribution is -0.131. The highest BCUT2D eigenvalue weighted by Crippen LogP contribution is 2.36. The first-order valence-corrected chi connectivity index (χ1v) is 7.05. The molecular formula is C14H26N2O. The SMILES string of the molecule is CC(C)CC1NCC(=O)N1C1CCC(C)C1C. The van der Waals surface area contributed by atoms with Crippen molar-refractivity contribution in [3.8, 4) is 0 Å². The number of nitrogens with zero attached hydrogens (tertiary/aromatic N) is 1. The Morgan fingerprint density at radius 2 is 2.06 bits per heavy atom. The predicted molar refractivity (Wildman–Crippen MR) is 69.4 cm³/mol. The van der Waals surface area contributed by atoms with Crippen LogP contribution in [-0.4, -0.2) is 29.6 Å². The van der Waals surface area contributed by atoms with E-state index in [1.165, 1.54) is 12.8 Å². The third-order valence-corrected chi connectivity index (χ3v) is 4.59. The molecule has 1 aliphatic heterocycles. The van der Waals surface area contributed by atoms with Gasteiger partial charge >= 0.3 is 0 Å². The number of nitrogens with one attached hydrogen (secondary N) is 1. The van der Waals surface area contributed by atoms with Crippen LogP contribution < -0.4 is 5.32 Å². The summed E-state index contributed by atoms with van der Waals surface area (Å²) in [4.78, 5) is 14.2. The normalized spacial score (nSPS) is 38.4. The van der Waals surface area contributed by atoms with Gasteiger partial charge < -0.3 is 4.90 Å². The molecule has 17 heavy (non-hydrogen) atoms. The maximum absolute atomic E-state index is 12.1. The van der Waals surface area contributed by atoms with E-state index in [1.807, 2.05) is 0 Å². The third kappa shape index (κ3) is 2.49. The van der Waals surface area contributed by atoms with Crippen LogP contribution in [-0.2, 0) is 4.79 Å². The molecule has 0 radical (unpaired) electrons. The van der Waals surface area contributed by atoms with Crippen molar-refractivity contribution >= 4 is 5.91 Å². The molecule has 0 aromatic heterocycles. The fourth-order valence-corrected chi connectivity index (χ4v) is 3.36. The smallest absolute Gasteiger partial charge is 0.238 e. The summed E-state index contributed by atoms with van der Waals surface area (Å²) in [6, 6.07) is 0.469. The zero-order chi connectivity index (χ0) is 12.6. The molecule has 2 fully saturated rings. The molecular weight excluding hydrogens is 212 g/mol. The molecule has 0 bridgehead atoms. The van der Waals surface area contributed by atoms with Gasteiger partial charge in [-0.1, -0.05) is 27.7 Å².